The van der Waals surface area contributed by atoms with Crippen LogP contribution < -0.4 is 5.32 Å². The Balaban J connectivity index is 1.60. The molecule has 2 heterocycles. The number of nitrogens with one attached hydrogen (secondary N) is 1. The summed E-state index contributed by atoms with van der Waals surface area (Å²) in [5, 5.41) is 8.13. The quantitative estimate of drug-likeness (QED) is 0.939. The monoisotopic (exact) mass is 291 g/mol. The maximum absolute atomic E-state index is 5.87. The number of aryl methyl sites for hydroxylation is 1. The van der Waals surface area contributed by atoms with Gasteiger partial charge in [-0.1, -0.05) is 16.8 Å². The zero-order chi connectivity index (χ0) is 13.8. The van der Waals surface area contributed by atoms with Crippen LogP contribution in [0.2, 0.25) is 5.02 Å². The lowest BCUT2D eigenvalue weighted by atomic mass is 9.93. The number of aromatic nitrogens is 2. The molecule has 1 aromatic carbocycles. The van der Waals surface area contributed by atoms with Crippen molar-refractivity contribution in [1.29, 1.82) is 0 Å². The zero-order valence-corrected chi connectivity index (χ0v) is 12.1. The van der Waals surface area contributed by atoms with Crippen LogP contribution in [0.15, 0.2) is 28.8 Å². The Bertz CT molecular complexity index is 547. The fourth-order valence-corrected chi connectivity index (χ4v) is 2.70. The molecule has 0 atom stereocenters. The largest absolute Gasteiger partial charge is 0.339 e. The summed E-state index contributed by atoms with van der Waals surface area (Å²) in [6.07, 6.45) is 4.49. The van der Waals surface area contributed by atoms with E-state index in [-0.39, 0.29) is 0 Å². The minimum atomic E-state index is 0.641. The van der Waals surface area contributed by atoms with Gasteiger partial charge in [-0.15, -0.1) is 0 Å². The summed E-state index contributed by atoms with van der Waals surface area (Å²) >= 11 is 5.87. The van der Waals surface area contributed by atoms with Gasteiger partial charge in [0, 0.05) is 17.0 Å². The van der Waals surface area contributed by atoms with Gasteiger partial charge in [-0.2, -0.15) is 4.98 Å². The van der Waals surface area contributed by atoms with Gasteiger partial charge in [-0.3, -0.25) is 0 Å². The van der Waals surface area contributed by atoms with Gasteiger partial charge in [0.1, 0.15) is 0 Å². The molecule has 1 aliphatic heterocycles. The topological polar surface area (TPSA) is 51.0 Å². The summed E-state index contributed by atoms with van der Waals surface area (Å²) < 4.78 is 5.33. The number of halogens is 1. The molecule has 20 heavy (non-hydrogen) atoms. The number of benzene rings is 1. The van der Waals surface area contributed by atoms with E-state index in [1.54, 1.807) is 0 Å². The second kappa shape index (κ2) is 6.37. The van der Waals surface area contributed by atoms with Crippen molar-refractivity contribution in [3.8, 4) is 11.4 Å². The van der Waals surface area contributed by atoms with E-state index in [0.29, 0.717) is 10.8 Å². The third kappa shape index (κ3) is 3.38. The van der Waals surface area contributed by atoms with Crippen molar-refractivity contribution in [3.05, 3.63) is 35.2 Å². The summed E-state index contributed by atoms with van der Waals surface area (Å²) in [7, 11) is 0. The predicted octanol–water partition coefficient (Wildman–Crippen LogP) is 3.32. The Hall–Kier alpha value is -1.39. The molecule has 1 aromatic heterocycles. The molecule has 1 N–H and O–H groups in total. The molecule has 5 heteroatoms. The number of rotatable bonds is 4. The number of nitrogens with zero attached hydrogens (tertiary/aromatic N) is 2. The lowest BCUT2D eigenvalue weighted by Gasteiger charge is -2.21. The van der Waals surface area contributed by atoms with Gasteiger partial charge >= 0.3 is 0 Å². The summed E-state index contributed by atoms with van der Waals surface area (Å²) in [6.45, 7) is 2.26. The van der Waals surface area contributed by atoms with E-state index in [2.05, 4.69) is 15.5 Å². The molecule has 0 saturated carbocycles. The van der Waals surface area contributed by atoms with Gasteiger partial charge in [0.2, 0.25) is 11.7 Å². The Labute approximate surface area is 123 Å². The molecule has 1 saturated heterocycles. The van der Waals surface area contributed by atoms with Crippen LogP contribution in [0, 0.1) is 5.92 Å². The predicted molar refractivity (Wildman–Crippen MR) is 78.7 cm³/mol. The first-order chi connectivity index (χ1) is 9.81. The Kier molecular flexibility index (Phi) is 4.33. The second-order valence-electron chi connectivity index (χ2n) is 5.25. The SMILES string of the molecule is Clc1ccc(-c2noc(CCC3CCNCC3)n2)cc1. The molecular formula is C15H18ClN3O. The second-order valence-corrected chi connectivity index (χ2v) is 5.69. The lowest BCUT2D eigenvalue weighted by molar-refractivity contribution is 0.324. The summed E-state index contributed by atoms with van der Waals surface area (Å²) in [5.41, 5.74) is 0.936. The van der Waals surface area contributed by atoms with E-state index in [1.165, 1.54) is 12.8 Å². The Morgan fingerprint density at radius 1 is 1.20 bits per heavy atom. The lowest BCUT2D eigenvalue weighted by Crippen LogP contribution is -2.27. The van der Waals surface area contributed by atoms with Gasteiger partial charge < -0.3 is 9.84 Å². The van der Waals surface area contributed by atoms with Crippen molar-refractivity contribution in [2.75, 3.05) is 13.1 Å². The van der Waals surface area contributed by atoms with Gasteiger partial charge in [-0.25, -0.2) is 0 Å². The van der Waals surface area contributed by atoms with E-state index >= 15 is 0 Å². The normalized spacial score (nSPS) is 16.4. The maximum Gasteiger partial charge on any atom is 0.226 e. The van der Waals surface area contributed by atoms with E-state index < -0.39 is 0 Å². The molecule has 0 bridgehead atoms. The maximum atomic E-state index is 5.87. The number of hydrogen-bond donors (Lipinski definition) is 1. The summed E-state index contributed by atoms with van der Waals surface area (Å²) in [4.78, 5) is 4.46. The summed E-state index contributed by atoms with van der Waals surface area (Å²) in [6, 6.07) is 7.48. The molecule has 0 radical (unpaired) electrons. The average Bonchev–Trinajstić information content (AvgIpc) is 2.96. The molecule has 106 valence electrons. The van der Waals surface area contributed by atoms with Gasteiger partial charge in [-0.05, 0) is 62.5 Å². The van der Waals surface area contributed by atoms with Crippen LogP contribution in [-0.4, -0.2) is 23.2 Å². The van der Waals surface area contributed by atoms with E-state index in [1.807, 2.05) is 24.3 Å². The molecule has 0 spiro atoms. The highest BCUT2D eigenvalue weighted by Crippen LogP contribution is 2.21. The van der Waals surface area contributed by atoms with Crippen molar-refractivity contribution >= 4 is 11.6 Å². The van der Waals surface area contributed by atoms with Crippen LogP contribution >= 0.6 is 11.6 Å². The van der Waals surface area contributed by atoms with Crippen LogP contribution in [0.25, 0.3) is 11.4 Å². The molecule has 0 unspecified atom stereocenters. The molecule has 1 aliphatic rings. The number of piperidine rings is 1. The minimum Gasteiger partial charge on any atom is -0.339 e. The Morgan fingerprint density at radius 3 is 2.70 bits per heavy atom. The van der Waals surface area contributed by atoms with Crippen molar-refractivity contribution in [1.82, 2.24) is 15.5 Å². The first kappa shape index (κ1) is 13.6. The van der Waals surface area contributed by atoms with Crippen LogP contribution in [0.3, 0.4) is 0 Å². The highest BCUT2D eigenvalue weighted by atomic mass is 35.5. The molecule has 2 aromatic rings. The van der Waals surface area contributed by atoms with Gasteiger partial charge in [0.05, 0.1) is 0 Å². The minimum absolute atomic E-state index is 0.641. The molecular weight excluding hydrogens is 274 g/mol. The molecule has 4 nitrogen and oxygen atoms in total. The summed E-state index contributed by atoms with van der Waals surface area (Å²) in [5.74, 6) is 2.15. The van der Waals surface area contributed by atoms with Gasteiger partial charge in [0.25, 0.3) is 0 Å². The van der Waals surface area contributed by atoms with Crippen LogP contribution in [0.4, 0.5) is 0 Å². The van der Waals surface area contributed by atoms with E-state index in [0.717, 1.165) is 43.3 Å². The highest BCUT2D eigenvalue weighted by Gasteiger charge is 2.15. The zero-order valence-electron chi connectivity index (χ0n) is 11.3. The standard InChI is InChI=1S/C15H18ClN3O/c16-13-4-2-12(3-5-13)15-18-14(20-19-15)6-1-11-7-9-17-10-8-11/h2-5,11,17H,1,6-10H2. The van der Waals surface area contributed by atoms with Crippen LogP contribution in [0.5, 0.6) is 0 Å². The van der Waals surface area contributed by atoms with E-state index in [4.69, 9.17) is 16.1 Å². The molecule has 0 amide bonds. The smallest absolute Gasteiger partial charge is 0.226 e. The van der Waals surface area contributed by atoms with E-state index in [9.17, 15) is 0 Å². The molecule has 3 rings (SSSR count). The van der Waals surface area contributed by atoms with Crippen LogP contribution in [0.1, 0.15) is 25.2 Å². The highest BCUT2D eigenvalue weighted by molar-refractivity contribution is 6.30. The van der Waals surface area contributed by atoms with Gasteiger partial charge in [0.15, 0.2) is 0 Å². The third-order valence-electron chi connectivity index (χ3n) is 3.80. The molecule has 1 fully saturated rings. The van der Waals surface area contributed by atoms with Crippen molar-refractivity contribution in [2.45, 2.75) is 25.7 Å². The van der Waals surface area contributed by atoms with Crippen molar-refractivity contribution in [2.24, 2.45) is 5.92 Å². The molecule has 0 aliphatic carbocycles. The van der Waals surface area contributed by atoms with Crippen LogP contribution in [-0.2, 0) is 6.42 Å². The Morgan fingerprint density at radius 2 is 1.95 bits per heavy atom. The average molecular weight is 292 g/mol. The first-order valence-electron chi connectivity index (χ1n) is 7.10. The first-order valence-corrected chi connectivity index (χ1v) is 7.48. The van der Waals surface area contributed by atoms with Crippen molar-refractivity contribution in [3.63, 3.8) is 0 Å². The fraction of sp³-hybridized carbons (Fsp3) is 0.467. The third-order valence-corrected chi connectivity index (χ3v) is 4.05. The fourth-order valence-electron chi connectivity index (χ4n) is 2.57. The van der Waals surface area contributed by atoms with Crippen molar-refractivity contribution < 1.29 is 4.52 Å². The number of hydrogen-bond acceptors (Lipinski definition) is 4.